The van der Waals surface area contributed by atoms with Crippen LogP contribution in [0.1, 0.15) is 32.3 Å². The van der Waals surface area contributed by atoms with E-state index in [9.17, 15) is 4.79 Å². The number of amides is 1. The van der Waals surface area contributed by atoms with Gasteiger partial charge in [0.1, 0.15) is 0 Å². The van der Waals surface area contributed by atoms with Gasteiger partial charge in [0.15, 0.2) is 0 Å². The van der Waals surface area contributed by atoms with Crippen molar-refractivity contribution in [3.8, 4) is 0 Å². The highest BCUT2D eigenvalue weighted by molar-refractivity contribution is 5.80. The van der Waals surface area contributed by atoms with Gasteiger partial charge in [0.05, 0.1) is 6.42 Å². The maximum absolute atomic E-state index is 11.5. The minimum Gasteiger partial charge on any atom is -0.382 e. The van der Waals surface area contributed by atoms with Crippen molar-refractivity contribution < 1.29 is 4.79 Å². The van der Waals surface area contributed by atoms with Crippen LogP contribution in [0.15, 0.2) is 24.3 Å². The molecule has 1 amide bonds. The third kappa shape index (κ3) is 2.84. The molecule has 0 saturated heterocycles. The molecular formula is C15H22N2O. The highest BCUT2D eigenvalue weighted by Gasteiger charge is 2.42. The molecule has 1 fully saturated rings. The van der Waals surface area contributed by atoms with Gasteiger partial charge in [-0.2, -0.15) is 0 Å². The first-order valence-electron chi connectivity index (χ1n) is 6.60. The quantitative estimate of drug-likeness (QED) is 0.838. The lowest BCUT2D eigenvalue weighted by Crippen LogP contribution is -2.26. The van der Waals surface area contributed by atoms with Gasteiger partial charge in [0, 0.05) is 18.8 Å². The summed E-state index contributed by atoms with van der Waals surface area (Å²) in [5.41, 5.74) is 2.58. The predicted molar refractivity (Wildman–Crippen MR) is 74.6 cm³/mol. The van der Waals surface area contributed by atoms with Crippen molar-refractivity contribution in [3.05, 3.63) is 29.8 Å². The minimum atomic E-state index is 0.0505. The molecule has 1 aliphatic rings. The third-order valence-corrected chi connectivity index (χ3v) is 4.10. The Hall–Kier alpha value is -1.51. The number of likely N-dealkylation sites (N-methyl/N-ethyl adjacent to an activating group) is 1. The van der Waals surface area contributed by atoms with Crippen LogP contribution in [0.4, 0.5) is 5.69 Å². The molecule has 1 atom stereocenters. The Kier molecular flexibility index (Phi) is 3.60. The van der Waals surface area contributed by atoms with Gasteiger partial charge in [-0.05, 0) is 36.8 Å². The molecule has 1 saturated carbocycles. The monoisotopic (exact) mass is 246 g/mol. The lowest BCUT2D eigenvalue weighted by atomic mass is 9.99. The Morgan fingerprint density at radius 1 is 1.39 bits per heavy atom. The van der Waals surface area contributed by atoms with Crippen LogP contribution >= 0.6 is 0 Å². The van der Waals surface area contributed by atoms with Crippen molar-refractivity contribution >= 4 is 11.6 Å². The molecule has 98 valence electrons. The summed E-state index contributed by atoms with van der Waals surface area (Å²) in [5, 5.41) is 6.23. The summed E-state index contributed by atoms with van der Waals surface area (Å²) in [6.07, 6.45) is 3.01. The molecule has 0 heterocycles. The molecule has 0 bridgehead atoms. The van der Waals surface area contributed by atoms with E-state index in [1.165, 1.54) is 12.8 Å². The summed E-state index contributed by atoms with van der Waals surface area (Å²) in [7, 11) is 1.67. The van der Waals surface area contributed by atoms with E-state index in [1.807, 2.05) is 18.2 Å². The van der Waals surface area contributed by atoms with Crippen LogP contribution < -0.4 is 10.6 Å². The Bertz CT molecular complexity index is 438. The summed E-state index contributed by atoms with van der Waals surface area (Å²) in [6.45, 7) is 4.54. The number of carbonyl (C=O) groups is 1. The van der Waals surface area contributed by atoms with E-state index in [0.29, 0.717) is 17.9 Å². The summed E-state index contributed by atoms with van der Waals surface area (Å²) < 4.78 is 0. The summed E-state index contributed by atoms with van der Waals surface area (Å²) in [5.74, 6) is 0.0505. The van der Waals surface area contributed by atoms with E-state index < -0.39 is 0 Å². The Labute approximate surface area is 109 Å². The van der Waals surface area contributed by atoms with Crippen LogP contribution in [-0.2, 0) is 11.2 Å². The zero-order valence-electron chi connectivity index (χ0n) is 11.4. The number of anilines is 1. The highest BCUT2D eigenvalue weighted by Crippen LogP contribution is 2.48. The number of rotatable bonds is 5. The van der Waals surface area contributed by atoms with Crippen molar-refractivity contribution in [2.45, 2.75) is 39.2 Å². The second-order valence-corrected chi connectivity index (χ2v) is 5.53. The number of para-hydroxylation sites is 1. The van der Waals surface area contributed by atoms with Gasteiger partial charge in [-0.3, -0.25) is 4.79 Å². The van der Waals surface area contributed by atoms with Gasteiger partial charge >= 0.3 is 0 Å². The normalized spacial score (nSPS) is 17.9. The maximum atomic E-state index is 11.5. The predicted octanol–water partition coefficient (Wildman–Crippen LogP) is 2.58. The van der Waals surface area contributed by atoms with Gasteiger partial charge in [0.25, 0.3) is 0 Å². The Morgan fingerprint density at radius 2 is 2.06 bits per heavy atom. The van der Waals surface area contributed by atoms with Gasteiger partial charge in [-0.25, -0.2) is 0 Å². The highest BCUT2D eigenvalue weighted by atomic mass is 16.1. The topological polar surface area (TPSA) is 41.1 Å². The van der Waals surface area contributed by atoms with Crippen LogP contribution in [0.3, 0.4) is 0 Å². The molecule has 0 aromatic heterocycles. The third-order valence-electron chi connectivity index (χ3n) is 4.10. The molecule has 2 rings (SSSR count). The number of nitrogens with one attached hydrogen (secondary N) is 2. The summed E-state index contributed by atoms with van der Waals surface area (Å²) in [6, 6.07) is 8.51. The zero-order valence-corrected chi connectivity index (χ0v) is 11.4. The van der Waals surface area contributed by atoms with E-state index in [2.05, 4.69) is 30.5 Å². The van der Waals surface area contributed by atoms with Crippen molar-refractivity contribution in [3.63, 3.8) is 0 Å². The summed E-state index contributed by atoms with van der Waals surface area (Å²) in [4.78, 5) is 11.5. The first-order chi connectivity index (χ1) is 8.55. The molecule has 1 unspecified atom stereocenters. The van der Waals surface area contributed by atoms with Gasteiger partial charge in [-0.15, -0.1) is 0 Å². The SMILES string of the molecule is CNC(=O)Cc1ccccc1NC(C)C1(C)CC1. The second-order valence-electron chi connectivity index (χ2n) is 5.53. The fraction of sp³-hybridized carbons (Fsp3) is 0.533. The van der Waals surface area contributed by atoms with Crippen molar-refractivity contribution in [1.82, 2.24) is 5.32 Å². The molecule has 1 aromatic carbocycles. The van der Waals surface area contributed by atoms with Crippen molar-refractivity contribution in [1.29, 1.82) is 0 Å². The van der Waals surface area contributed by atoms with Gasteiger partial charge in [0.2, 0.25) is 5.91 Å². The molecule has 18 heavy (non-hydrogen) atoms. The molecule has 3 nitrogen and oxygen atoms in total. The Morgan fingerprint density at radius 3 is 2.67 bits per heavy atom. The van der Waals surface area contributed by atoms with Gasteiger partial charge in [-0.1, -0.05) is 25.1 Å². The minimum absolute atomic E-state index is 0.0505. The smallest absolute Gasteiger partial charge is 0.224 e. The Balaban J connectivity index is 2.09. The maximum Gasteiger partial charge on any atom is 0.224 e. The number of carbonyl (C=O) groups excluding carboxylic acids is 1. The zero-order chi connectivity index (χ0) is 13.2. The van der Waals surface area contributed by atoms with Crippen LogP contribution in [-0.4, -0.2) is 19.0 Å². The molecule has 0 spiro atoms. The fourth-order valence-electron chi connectivity index (χ4n) is 2.11. The van der Waals surface area contributed by atoms with E-state index >= 15 is 0 Å². The average Bonchev–Trinajstić information content (AvgIpc) is 3.11. The molecule has 3 heteroatoms. The van der Waals surface area contributed by atoms with Crippen LogP contribution in [0, 0.1) is 5.41 Å². The average molecular weight is 246 g/mol. The summed E-state index contributed by atoms with van der Waals surface area (Å²) >= 11 is 0. The number of hydrogen-bond acceptors (Lipinski definition) is 2. The van der Waals surface area contributed by atoms with Crippen LogP contribution in [0.5, 0.6) is 0 Å². The van der Waals surface area contributed by atoms with E-state index in [1.54, 1.807) is 7.05 Å². The van der Waals surface area contributed by atoms with E-state index in [0.717, 1.165) is 11.3 Å². The largest absolute Gasteiger partial charge is 0.382 e. The second kappa shape index (κ2) is 5.01. The molecule has 0 aliphatic heterocycles. The van der Waals surface area contributed by atoms with E-state index in [4.69, 9.17) is 0 Å². The molecule has 2 N–H and O–H groups in total. The molecular weight excluding hydrogens is 224 g/mol. The van der Waals surface area contributed by atoms with Crippen molar-refractivity contribution in [2.24, 2.45) is 5.41 Å². The fourth-order valence-corrected chi connectivity index (χ4v) is 2.11. The van der Waals surface area contributed by atoms with Crippen LogP contribution in [0.25, 0.3) is 0 Å². The molecule has 1 aliphatic carbocycles. The lowest BCUT2D eigenvalue weighted by Gasteiger charge is -2.23. The number of hydrogen-bond donors (Lipinski definition) is 2. The lowest BCUT2D eigenvalue weighted by molar-refractivity contribution is -0.119. The van der Waals surface area contributed by atoms with Gasteiger partial charge < -0.3 is 10.6 Å². The van der Waals surface area contributed by atoms with Crippen LogP contribution in [0.2, 0.25) is 0 Å². The number of benzene rings is 1. The molecule has 0 radical (unpaired) electrons. The molecule has 1 aromatic rings. The first kappa shape index (κ1) is 12.9. The van der Waals surface area contributed by atoms with E-state index in [-0.39, 0.29) is 5.91 Å². The van der Waals surface area contributed by atoms with Crippen molar-refractivity contribution in [2.75, 3.05) is 12.4 Å². The first-order valence-corrected chi connectivity index (χ1v) is 6.60. The standard InChI is InChI=1S/C15H22N2O/c1-11(15(2)8-9-15)17-13-7-5-4-6-12(13)10-14(18)16-3/h4-7,11,17H,8-10H2,1-3H3,(H,16,18).